The van der Waals surface area contributed by atoms with E-state index < -0.39 is 0 Å². The number of hydrogen-bond acceptors (Lipinski definition) is 1. The van der Waals surface area contributed by atoms with Crippen molar-refractivity contribution in [3.63, 3.8) is 0 Å². The molecule has 0 bridgehead atoms. The summed E-state index contributed by atoms with van der Waals surface area (Å²) in [5.41, 5.74) is -0.0139. The third-order valence-electron chi connectivity index (χ3n) is 1.95. The summed E-state index contributed by atoms with van der Waals surface area (Å²) >= 11 is 0. The van der Waals surface area contributed by atoms with Crippen molar-refractivity contribution in [2.45, 2.75) is 31.3 Å². The van der Waals surface area contributed by atoms with Crippen molar-refractivity contribution in [3.8, 4) is 0 Å². The van der Waals surface area contributed by atoms with Gasteiger partial charge in [-0.25, -0.2) is 0 Å². The molecule has 1 fully saturated rings. The summed E-state index contributed by atoms with van der Waals surface area (Å²) in [4.78, 5) is 0. The minimum Gasteiger partial charge on any atom is -0.378 e. The van der Waals surface area contributed by atoms with Crippen molar-refractivity contribution in [3.05, 3.63) is 6.92 Å². The van der Waals surface area contributed by atoms with Crippen LogP contribution in [0.3, 0.4) is 0 Å². The lowest BCUT2D eigenvalue weighted by atomic mass is 10.1. The first-order valence-corrected chi connectivity index (χ1v) is 3.17. The van der Waals surface area contributed by atoms with E-state index in [-0.39, 0.29) is 5.60 Å². The average Bonchev–Trinajstić information content (AvgIpc) is 2.17. The van der Waals surface area contributed by atoms with Gasteiger partial charge in [0.25, 0.3) is 0 Å². The van der Waals surface area contributed by atoms with Gasteiger partial charge >= 0.3 is 0 Å². The quantitative estimate of drug-likeness (QED) is 0.503. The molecule has 47 valence electrons. The van der Waals surface area contributed by atoms with Gasteiger partial charge < -0.3 is 4.74 Å². The van der Waals surface area contributed by atoms with Crippen LogP contribution in [0.2, 0.25) is 0 Å². The normalized spacial score (nSPS) is 26.2. The largest absolute Gasteiger partial charge is 0.378 e. The van der Waals surface area contributed by atoms with E-state index in [2.05, 4.69) is 6.92 Å². The van der Waals surface area contributed by atoms with Crippen LogP contribution in [0.25, 0.3) is 0 Å². The smallest absolute Gasteiger partial charge is 0.0679 e. The zero-order valence-corrected chi connectivity index (χ0v) is 5.44. The van der Waals surface area contributed by atoms with Gasteiger partial charge in [0.1, 0.15) is 0 Å². The Kier molecular flexibility index (Phi) is 1.57. The van der Waals surface area contributed by atoms with E-state index in [0.29, 0.717) is 0 Å². The highest BCUT2D eigenvalue weighted by Crippen LogP contribution is 2.30. The predicted molar refractivity (Wildman–Crippen MR) is 33.6 cm³/mol. The van der Waals surface area contributed by atoms with Crippen molar-refractivity contribution < 1.29 is 4.74 Å². The zero-order valence-electron chi connectivity index (χ0n) is 5.44. The van der Waals surface area contributed by atoms with Crippen LogP contribution in [0.15, 0.2) is 0 Å². The first-order valence-electron chi connectivity index (χ1n) is 3.17. The predicted octanol–water partition coefficient (Wildman–Crippen LogP) is 1.78. The molecular weight excluding hydrogens is 100 g/mol. The van der Waals surface area contributed by atoms with Crippen molar-refractivity contribution in [2.24, 2.45) is 0 Å². The minimum absolute atomic E-state index is 0.0139. The van der Waals surface area contributed by atoms with E-state index in [1.807, 2.05) is 0 Å². The highest BCUT2D eigenvalue weighted by molar-refractivity contribution is 4.87. The number of rotatable bonds is 1. The molecule has 0 aromatic heterocycles. The Hall–Kier alpha value is -0.0400. The van der Waals surface area contributed by atoms with Gasteiger partial charge in [-0.1, -0.05) is 12.8 Å². The third kappa shape index (κ3) is 1.03. The lowest BCUT2D eigenvalue weighted by Crippen LogP contribution is -2.21. The van der Waals surface area contributed by atoms with E-state index in [0.717, 1.165) is 12.8 Å². The number of methoxy groups -OCH3 is 1. The molecule has 1 aliphatic rings. The van der Waals surface area contributed by atoms with Gasteiger partial charge in [-0.2, -0.15) is 0 Å². The minimum atomic E-state index is -0.0139. The number of hydrogen-bond donors (Lipinski definition) is 0. The van der Waals surface area contributed by atoms with E-state index in [1.165, 1.54) is 12.8 Å². The summed E-state index contributed by atoms with van der Waals surface area (Å²) in [6, 6.07) is 0. The van der Waals surface area contributed by atoms with Gasteiger partial charge in [-0.3, -0.25) is 0 Å². The van der Waals surface area contributed by atoms with Crippen molar-refractivity contribution in [1.29, 1.82) is 0 Å². The van der Waals surface area contributed by atoms with E-state index >= 15 is 0 Å². The summed E-state index contributed by atoms with van der Waals surface area (Å²) in [7, 11) is 1.75. The van der Waals surface area contributed by atoms with Gasteiger partial charge in [0.05, 0.1) is 5.60 Å². The van der Waals surface area contributed by atoms with Crippen molar-refractivity contribution >= 4 is 0 Å². The zero-order chi connectivity index (χ0) is 6.04. The summed E-state index contributed by atoms with van der Waals surface area (Å²) < 4.78 is 5.19. The van der Waals surface area contributed by atoms with Crippen LogP contribution in [0.1, 0.15) is 25.7 Å². The van der Waals surface area contributed by atoms with Crippen LogP contribution in [0, 0.1) is 6.92 Å². The third-order valence-corrected chi connectivity index (χ3v) is 1.95. The van der Waals surface area contributed by atoms with Crippen LogP contribution in [-0.4, -0.2) is 12.7 Å². The Morgan fingerprint density at radius 2 is 1.88 bits per heavy atom. The van der Waals surface area contributed by atoms with Crippen LogP contribution < -0.4 is 0 Å². The highest BCUT2D eigenvalue weighted by atomic mass is 16.5. The molecule has 1 aliphatic carbocycles. The number of ether oxygens (including phenoxy) is 1. The lowest BCUT2D eigenvalue weighted by molar-refractivity contribution is 0.0361. The molecule has 0 heterocycles. The highest BCUT2D eigenvalue weighted by Gasteiger charge is 2.27. The standard InChI is InChI=1S/C7H13O/c1-7(8-2)5-3-4-6-7/h1,3-6H2,2H3. The summed E-state index contributed by atoms with van der Waals surface area (Å²) in [5.74, 6) is 0. The summed E-state index contributed by atoms with van der Waals surface area (Å²) in [5, 5.41) is 0. The van der Waals surface area contributed by atoms with Gasteiger partial charge in [0, 0.05) is 7.11 Å². The lowest BCUT2D eigenvalue weighted by Gasteiger charge is -2.20. The molecule has 8 heavy (non-hydrogen) atoms. The molecule has 0 aromatic carbocycles. The summed E-state index contributed by atoms with van der Waals surface area (Å²) in [6.45, 7) is 3.97. The van der Waals surface area contributed by atoms with Crippen LogP contribution in [0.5, 0.6) is 0 Å². The molecule has 0 aliphatic heterocycles. The Morgan fingerprint density at radius 3 is 2.12 bits per heavy atom. The van der Waals surface area contributed by atoms with E-state index in [4.69, 9.17) is 4.74 Å². The Bertz CT molecular complexity index is 72.5. The van der Waals surface area contributed by atoms with E-state index in [1.54, 1.807) is 7.11 Å². The van der Waals surface area contributed by atoms with E-state index in [9.17, 15) is 0 Å². The summed E-state index contributed by atoms with van der Waals surface area (Å²) in [6.07, 6.45) is 4.86. The van der Waals surface area contributed by atoms with Crippen LogP contribution in [0.4, 0.5) is 0 Å². The van der Waals surface area contributed by atoms with Gasteiger partial charge in [-0.05, 0) is 19.8 Å². The average molecular weight is 113 g/mol. The fourth-order valence-corrected chi connectivity index (χ4v) is 1.22. The topological polar surface area (TPSA) is 9.23 Å². The SMILES string of the molecule is [CH2]C1(OC)CCCC1. The van der Waals surface area contributed by atoms with Crippen LogP contribution >= 0.6 is 0 Å². The van der Waals surface area contributed by atoms with Gasteiger partial charge in [-0.15, -0.1) is 0 Å². The first-order chi connectivity index (χ1) is 3.77. The molecular formula is C7H13O. The molecule has 1 nitrogen and oxygen atoms in total. The fourth-order valence-electron chi connectivity index (χ4n) is 1.22. The molecule has 0 aromatic rings. The van der Waals surface area contributed by atoms with Crippen LogP contribution in [-0.2, 0) is 4.74 Å². The first kappa shape index (κ1) is 6.09. The molecule has 1 saturated carbocycles. The van der Waals surface area contributed by atoms with Gasteiger partial charge in [0.2, 0.25) is 0 Å². The second-order valence-corrected chi connectivity index (χ2v) is 2.59. The van der Waals surface area contributed by atoms with Gasteiger partial charge in [0.15, 0.2) is 0 Å². The molecule has 0 amide bonds. The molecule has 0 atom stereocenters. The van der Waals surface area contributed by atoms with Crippen molar-refractivity contribution in [2.75, 3.05) is 7.11 Å². The molecule has 0 unspecified atom stereocenters. The Labute approximate surface area is 51.0 Å². The Morgan fingerprint density at radius 1 is 1.38 bits per heavy atom. The molecule has 1 rings (SSSR count). The molecule has 0 N–H and O–H groups in total. The molecule has 1 heteroatoms. The Balaban J connectivity index is 2.40. The fraction of sp³-hybridized carbons (Fsp3) is 0.857. The maximum Gasteiger partial charge on any atom is 0.0679 e. The van der Waals surface area contributed by atoms with Crippen molar-refractivity contribution in [1.82, 2.24) is 0 Å². The maximum atomic E-state index is 5.19. The second kappa shape index (κ2) is 2.06. The molecule has 0 spiro atoms. The molecule has 0 saturated heterocycles. The molecule has 1 radical (unpaired) electrons. The second-order valence-electron chi connectivity index (χ2n) is 2.59. The maximum absolute atomic E-state index is 5.19. The monoisotopic (exact) mass is 113 g/mol.